The molecule has 2 heterocycles. The number of pyridine rings is 1. The molecule has 0 radical (unpaired) electrons. The Bertz CT molecular complexity index is 829. The van der Waals surface area contributed by atoms with Gasteiger partial charge in [-0.25, -0.2) is 4.98 Å². The van der Waals surface area contributed by atoms with Crippen molar-refractivity contribution in [2.45, 2.75) is 19.5 Å². The maximum absolute atomic E-state index is 12.8. The van der Waals surface area contributed by atoms with E-state index in [-0.39, 0.29) is 0 Å². The second kappa shape index (κ2) is 6.60. The molecule has 0 atom stereocenters. The number of hydrogen-bond donors (Lipinski definition) is 1. The maximum Gasteiger partial charge on any atom is 0.416 e. The number of aromatic nitrogens is 2. The minimum absolute atomic E-state index is 0.360. The van der Waals surface area contributed by atoms with Crippen molar-refractivity contribution in [2.24, 2.45) is 0 Å². The van der Waals surface area contributed by atoms with E-state index in [0.29, 0.717) is 10.8 Å². The summed E-state index contributed by atoms with van der Waals surface area (Å²) < 4.78 is 38.4. The van der Waals surface area contributed by atoms with Gasteiger partial charge in [-0.1, -0.05) is 13.0 Å². The van der Waals surface area contributed by atoms with Crippen LogP contribution in [0.2, 0.25) is 0 Å². The van der Waals surface area contributed by atoms with Crippen molar-refractivity contribution in [2.75, 3.05) is 5.32 Å². The first-order valence-electron chi connectivity index (χ1n) is 7.31. The zero-order valence-electron chi connectivity index (χ0n) is 12.8. The summed E-state index contributed by atoms with van der Waals surface area (Å²) in [5, 5.41) is 3.53. The molecule has 0 aliphatic rings. The molecule has 0 amide bonds. The van der Waals surface area contributed by atoms with Crippen LogP contribution in [-0.2, 0) is 12.6 Å². The molecule has 1 aromatic carbocycles. The molecular formula is C17H14F3N3S. The highest BCUT2D eigenvalue weighted by Gasteiger charge is 2.30. The fourth-order valence-corrected chi connectivity index (χ4v) is 3.21. The fraction of sp³-hybridized carbons (Fsp3) is 0.176. The molecule has 0 aliphatic carbocycles. The first kappa shape index (κ1) is 16.4. The standard InChI is InChI=1S/C17H14F3N3S/c1-2-14-15(11-5-4-8-21-10-11)23-16(24-14)22-13-7-3-6-12(9-13)17(18,19)20/h3-10H,2H2,1H3,(H,22,23). The molecule has 0 spiro atoms. The van der Waals surface area contributed by atoms with E-state index in [0.717, 1.165) is 34.7 Å². The van der Waals surface area contributed by atoms with Crippen molar-refractivity contribution in [1.82, 2.24) is 9.97 Å². The normalized spacial score (nSPS) is 11.5. The van der Waals surface area contributed by atoms with Crippen LogP contribution in [0, 0.1) is 0 Å². The van der Waals surface area contributed by atoms with Crippen molar-refractivity contribution in [1.29, 1.82) is 0 Å². The zero-order valence-corrected chi connectivity index (χ0v) is 13.6. The average Bonchev–Trinajstić information content (AvgIpc) is 2.98. The number of nitrogens with one attached hydrogen (secondary N) is 1. The van der Waals surface area contributed by atoms with E-state index in [1.165, 1.54) is 17.4 Å². The van der Waals surface area contributed by atoms with E-state index in [4.69, 9.17) is 0 Å². The molecule has 3 nitrogen and oxygen atoms in total. The highest BCUT2D eigenvalue weighted by Crippen LogP contribution is 2.34. The average molecular weight is 349 g/mol. The Kier molecular flexibility index (Phi) is 4.53. The van der Waals surface area contributed by atoms with Crippen LogP contribution in [0.15, 0.2) is 48.8 Å². The fourth-order valence-electron chi connectivity index (χ4n) is 2.27. The number of rotatable bonds is 4. The lowest BCUT2D eigenvalue weighted by Crippen LogP contribution is -2.05. The van der Waals surface area contributed by atoms with E-state index in [1.54, 1.807) is 18.5 Å². The summed E-state index contributed by atoms with van der Waals surface area (Å²) in [6.07, 6.45) is -0.173. The minimum atomic E-state index is -4.37. The van der Waals surface area contributed by atoms with Gasteiger partial charge in [0.1, 0.15) is 0 Å². The summed E-state index contributed by atoms with van der Waals surface area (Å²) in [6.45, 7) is 2.02. The van der Waals surface area contributed by atoms with Gasteiger partial charge in [-0.15, -0.1) is 11.3 Å². The van der Waals surface area contributed by atoms with Crippen molar-refractivity contribution in [3.63, 3.8) is 0 Å². The molecule has 2 aromatic heterocycles. The summed E-state index contributed by atoms with van der Waals surface area (Å²) in [7, 11) is 0. The summed E-state index contributed by atoms with van der Waals surface area (Å²) in [6, 6.07) is 8.83. The number of thiazole rings is 1. The summed E-state index contributed by atoms with van der Waals surface area (Å²) in [5.74, 6) is 0. The molecule has 0 aliphatic heterocycles. The SMILES string of the molecule is CCc1sc(Nc2cccc(C(F)(F)F)c2)nc1-c1cccnc1. The lowest BCUT2D eigenvalue weighted by molar-refractivity contribution is -0.137. The van der Waals surface area contributed by atoms with Crippen molar-refractivity contribution in [3.05, 3.63) is 59.2 Å². The zero-order chi connectivity index (χ0) is 17.2. The van der Waals surface area contributed by atoms with Crippen LogP contribution in [0.1, 0.15) is 17.4 Å². The Morgan fingerprint density at radius 2 is 2.00 bits per heavy atom. The number of aryl methyl sites for hydroxylation is 1. The quantitative estimate of drug-likeness (QED) is 0.673. The van der Waals surface area contributed by atoms with Crippen LogP contribution in [0.4, 0.5) is 24.0 Å². The van der Waals surface area contributed by atoms with E-state index < -0.39 is 11.7 Å². The molecule has 24 heavy (non-hydrogen) atoms. The summed E-state index contributed by atoms with van der Waals surface area (Å²) in [4.78, 5) is 9.67. The van der Waals surface area contributed by atoms with Gasteiger partial charge in [0.15, 0.2) is 5.13 Å². The Balaban J connectivity index is 1.90. The van der Waals surface area contributed by atoms with E-state index >= 15 is 0 Å². The van der Waals surface area contributed by atoms with Crippen LogP contribution in [0.3, 0.4) is 0 Å². The predicted octanol–water partition coefficient (Wildman–Crippen LogP) is 5.53. The first-order valence-corrected chi connectivity index (χ1v) is 8.13. The number of nitrogens with zero attached hydrogens (tertiary/aromatic N) is 2. The molecule has 124 valence electrons. The van der Waals surface area contributed by atoms with Crippen molar-refractivity contribution in [3.8, 4) is 11.3 Å². The second-order valence-electron chi connectivity index (χ2n) is 5.09. The number of halogens is 3. The number of benzene rings is 1. The molecule has 0 saturated carbocycles. The number of hydrogen-bond acceptors (Lipinski definition) is 4. The molecule has 3 rings (SSSR count). The minimum Gasteiger partial charge on any atom is -0.332 e. The van der Waals surface area contributed by atoms with Gasteiger partial charge in [0.25, 0.3) is 0 Å². The van der Waals surface area contributed by atoms with Gasteiger partial charge < -0.3 is 5.32 Å². The highest BCUT2D eigenvalue weighted by atomic mass is 32.1. The van der Waals surface area contributed by atoms with Gasteiger partial charge in [0.2, 0.25) is 0 Å². The predicted molar refractivity (Wildman–Crippen MR) is 89.4 cm³/mol. The molecule has 0 bridgehead atoms. The third-order valence-corrected chi connectivity index (χ3v) is 4.51. The molecule has 0 unspecified atom stereocenters. The van der Waals surface area contributed by atoms with Gasteiger partial charge in [-0.2, -0.15) is 13.2 Å². The van der Waals surface area contributed by atoms with Crippen molar-refractivity contribution >= 4 is 22.2 Å². The molecule has 0 fully saturated rings. The third kappa shape index (κ3) is 3.56. The van der Waals surface area contributed by atoms with Gasteiger partial charge >= 0.3 is 6.18 Å². The van der Waals surface area contributed by atoms with Crippen LogP contribution >= 0.6 is 11.3 Å². The van der Waals surface area contributed by atoms with E-state index in [1.807, 2.05) is 19.1 Å². The molecule has 1 N–H and O–H groups in total. The number of anilines is 2. The van der Waals surface area contributed by atoms with Crippen LogP contribution in [0.25, 0.3) is 11.3 Å². The van der Waals surface area contributed by atoms with Crippen LogP contribution < -0.4 is 5.32 Å². The largest absolute Gasteiger partial charge is 0.416 e. The smallest absolute Gasteiger partial charge is 0.332 e. The van der Waals surface area contributed by atoms with E-state index in [2.05, 4.69) is 15.3 Å². The lowest BCUT2D eigenvalue weighted by atomic mass is 10.2. The molecule has 3 aromatic rings. The first-order chi connectivity index (χ1) is 11.5. The Labute approximate surface area is 141 Å². The number of alkyl halides is 3. The highest BCUT2D eigenvalue weighted by molar-refractivity contribution is 7.16. The molecule has 7 heteroatoms. The topological polar surface area (TPSA) is 37.8 Å². The molecular weight excluding hydrogens is 335 g/mol. The van der Waals surface area contributed by atoms with Gasteiger partial charge in [-0.3, -0.25) is 4.98 Å². The Morgan fingerprint density at radius 3 is 2.67 bits per heavy atom. The van der Waals surface area contributed by atoms with Crippen LogP contribution in [0.5, 0.6) is 0 Å². The lowest BCUT2D eigenvalue weighted by Gasteiger charge is -2.08. The Hall–Kier alpha value is -2.41. The van der Waals surface area contributed by atoms with Gasteiger partial charge in [0, 0.05) is 28.5 Å². The van der Waals surface area contributed by atoms with Crippen LogP contribution in [-0.4, -0.2) is 9.97 Å². The van der Waals surface area contributed by atoms with Crippen molar-refractivity contribution < 1.29 is 13.2 Å². The third-order valence-electron chi connectivity index (χ3n) is 3.39. The second-order valence-corrected chi connectivity index (χ2v) is 6.17. The van der Waals surface area contributed by atoms with Gasteiger partial charge in [-0.05, 0) is 36.8 Å². The van der Waals surface area contributed by atoms with Gasteiger partial charge in [0.05, 0.1) is 11.3 Å². The summed E-state index contributed by atoms with van der Waals surface area (Å²) in [5.41, 5.74) is 1.37. The monoisotopic (exact) mass is 349 g/mol. The maximum atomic E-state index is 12.8. The molecule has 0 saturated heterocycles. The Morgan fingerprint density at radius 1 is 1.17 bits per heavy atom. The summed E-state index contributed by atoms with van der Waals surface area (Å²) >= 11 is 1.43. The van der Waals surface area contributed by atoms with E-state index in [9.17, 15) is 13.2 Å².